The number of benzene rings is 5. The van der Waals surface area contributed by atoms with Gasteiger partial charge in [0, 0.05) is 36.1 Å². The molecular weight excluding hydrogens is 982 g/mol. The fraction of sp³-hybridized carbons (Fsp3) is 0.444. The number of aliphatic hydroxyl groups is 2. The number of aryl methyl sites for hydroxylation is 1. The predicted octanol–water partition coefficient (Wildman–Crippen LogP) is 6.84. The van der Waals surface area contributed by atoms with Gasteiger partial charge in [-0.1, -0.05) is 122 Å². The van der Waals surface area contributed by atoms with Gasteiger partial charge in [0.15, 0.2) is 5.96 Å². The van der Waals surface area contributed by atoms with E-state index in [0.717, 1.165) is 59.1 Å². The Bertz CT molecular complexity index is 3120. The van der Waals surface area contributed by atoms with Crippen molar-refractivity contribution in [1.82, 2.24) is 0 Å². The standard InChI is InChI=1S/C63H71N3O8S.Na/c1-39-15-16-46-32-52-22-24-54(46)56(39)35-58(75(70,71)72)57-34-48-30-47(33-53-29-43(38-67)13-8-14-45-31-51(68)21-23-55(45)60(48)73-53)59(57)44-17-19-49(20-18-44)63(74-52,66-61(64)65)37-50(28-41-11-6-3-7-12-41)62(69)26-25-42(36-62)27-40-9-4-2-5-10-40;/h2-7,9-12,17-24,31-32,34,39,42-43,47,50,53,56-60,67-69H,13,15-16,25-30,33,35-38H2,1H3,(H4,64,65,66)(H,70,71,72);/q;+1/p-1. The summed E-state index contributed by atoms with van der Waals surface area (Å²) in [4.78, 5) is 5.11. The van der Waals surface area contributed by atoms with Crippen LogP contribution in [0.1, 0.15) is 134 Å². The number of aliphatic imine (C=N–C) groups is 1. The molecule has 0 aromatic heterocycles. The normalized spacial score (nSPS) is 30.9. The van der Waals surface area contributed by atoms with Gasteiger partial charge in [0.2, 0.25) is 5.72 Å². The van der Waals surface area contributed by atoms with E-state index in [-0.39, 0.29) is 102 Å². The maximum absolute atomic E-state index is 14.3. The summed E-state index contributed by atoms with van der Waals surface area (Å²) >= 11 is 0. The van der Waals surface area contributed by atoms with Crippen molar-refractivity contribution in [2.24, 2.45) is 52.0 Å². The molecule has 0 radical (unpaired) electrons. The van der Waals surface area contributed by atoms with Crippen molar-refractivity contribution in [1.29, 1.82) is 0 Å². The fourth-order valence-electron chi connectivity index (χ4n) is 14.5. The van der Waals surface area contributed by atoms with Gasteiger partial charge in [-0.15, -0.1) is 0 Å². The van der Waals surface area contributed by atoms with Gasteiger partial charge in [0.1, 0.15) is 17.6 Å². The third-order valence-corrected chi connectivity index (χ3v) is 19.4. The minimum atomic E-state index is -4.93. The molecule has 8 aliphatic rings. The number of phenols is 1. The number of aromatic hydroxyl groups is 1. The largest absolute Gasteiger partial charge is 1.00 e. The van der Waals surface area contributed by atoms with Gasteiger partial charge in [0.05, 0.1) is 27.1 Å². The van der Waals surface area contributed by atoms with Crippen LogP contribution in [0.15, 0.2) is 138 Å². The summed E-state index contributed by atoms with van der Waals surface area (Å²) in [6.45, 7) is 2.08. The van der Waals surface area contributed by atoms with E-state index in [1.165, 1.54) is 5.56 Å². The van der Waals surface area contributed by atoms with Gasteiger partial charge in [0.25, 0.3) is 0 Å². The van der Waals surface area contributed by atoms with E-state index in [1.807, 2.05) is 78.9 Å². The molecule has 13 atom stereocenters. The second-order valence-electron chi connectivity index (χ2n) is 23.0. The van der Waals surface area contributed by atoms with E-state index < -0.39 is 44.6 Å². The monoisotopic (exact) mass is 1050 g/mol. The Kier molecular flexibility index (Phi) is 16.1. The maximum Gasteiger partial charge on any atom is 1.00 e. The molecular formula is C63H70N3NaO8S. The van der Waals surface area contributed by atoms with E-state index in [1.54, 1.807) is 12.1 Å². The van der Waals surface area contributed by atoms with Crippen LogP contribution in [-0.4, -0.2) is 57.8 Å². The number of guanidine groups is 1. The molecule has 3 aliphatic carbocycles. The quantitative estimate of drug-likeness (QED) is 0.0247. The van der Waals surface area contributed by atoms with Crippen molar-refractivity contribution >= 4 is 16.1 Å². The smallest absolute Gasteiger partial charge is 0.748 e. The van der Waals surface area contributed by atoms with Crippen LogP contribution < -0.4 is 45.8 Å². The molecule has 1 saturated carbocycles. The van der Waals surface area contributed by atoms with Crippen molar-refractivity contribution in [2.75, 3.05) is 6.61 Å². The van der Waals surface area contributed by atoms with Crippen molar-refractivity contribution in [2.45, 2.75) is 131 Å². The first-order valence-corrected chi connectivity index (χ1v) is 28.7. The number of phenolic OH excluding ortho intramolecular Hbond substituents is 1. The minimum Gasteiger partial charge on any atom is -0.748 e. The van der Waals surface area contributed by atoms with E-state index in [9.17, 15) is 28.3 Å². The van der Waals surface area contributed by atoms with Crippen LogP contribution in [0.3, 0.4) is 0 Å². The molecule has 0 spiro atoms. The molecule has 5 aliphatic heterocycles. The number of ether oxygens (including phenoxy) is 2. The Morgan fingerprint density at radius 1 is 0.895 bits per heavy atom. The van der Waals surface area contributed by atoms with Crippen LogP contribution in [0.25, 0.3) is 0 Å². The molecule has 10 bridgehead atoms. The van der Waals surface area contributed by atoms with Crippen LogP contribution in [0.5, 0.6) is 11.5 Å². The Balaban J connectivity index is 0.00000657. The second-order valence-corrected chi connectivity index (χ2v) is 24.6. The van der Waals surface area contributed by atoms with E-state index in [2.05, 4.69) is 55.2 Å². The molecule has 5 aromatic carbocycles. The molecule has 76 heavy (non-hydrogen) atoms. The van der Waals surface area contributed by atoms with Crippen molar-refractivity contribution < 1.29 is 67.3 Å². The average molecular weight is 1050 g/mol. The number of nitrogens with zero attached hydrogens (tertiary/aromatic N) is 1. The summed E-state index contributed by atoms with van der Waals surface area (Å²) in [5, 5.41) is 33.2. The Morgan fingerprint density at radius 2 is 1.63 bits per heavy atom. The van der Waals surface area contributed by atoms with Crippen LogP contribution >= 0.6 is 0 Å². The van der Waals surface area contributed by atoms with Gasteiger partial charge < -0.3 is 40.8 Å². The predicted molar refractivity (Wildman–Crippen MR) is 289 cm³/mol. The Labute approximate surface area is 470 Å². The second kappa shape index (κ2) is 22.4. The number of hydrogen-bond acceptors (Lipinski definition) is 9. The molecule has 0 amide bonds. The number of allylic oxidation sites excluding steroid dienone is 1. The van der Waals surface area contributed by atoms with Crippen LogP contribution in [0.4, 0.5) is 0 Å². The molecule has 1 saturated heterocycles. The first-order chi connectivity index (χ1) is 36.1. The molecule has 13 unspecified atom stereocenters. The summed E-state index contributed by atoms with van der Waals surface area (Å²) < 4.78 is 57.3. The average Bonchev–Trinajstić information content (AvgIpc) is 3.73. The van der Waals surface area contributed by atoms with Crippen molar-refractivity contribution in [3.05, 3.63) is 177 Å². The topological polar surface area (TPSA) is 201 Å². The van der Waals surface area contributed by atoms with Gasteiger partial charge in [-0.05, 0) is 176 Å². The third-order valence-electron chi connectivity index (χ3n) is 18.1. The molecule has 13 rings (SSSR count). The first-order valence-electron chi connectivity index (χ1n) is 27.2. The summed E-state index contributed by atoms with van der Waals surface area (Å²) in [5.74, 6) is 5.21. The molecule has 11 nitrogen and oxygen atoms in total. The van der Waals surface area contributed by atoms with Gasteiger partial charge >= 0.3 is 29.6 Å². The summed E-state index contributed by atoms with van der Waals surface area (Å²) in [6, 6.07) is 39.9. The van der Waals surface area contributed by atoms with Crippen LogP contribution in [0.2, 0.25) is 0 Å². The number of aliphatic hydroxyl groups excluding tert-OH is 1. The fourth-order valence-corrected chi connectivity index (χ4v) is 15.6. The number of fused-ring (bicyclic) bond motifs is 9. The summed E-state index contributed by atoms with van der Waals surface area (Å²) in [5.41, 5.74) is 18.6. The minimum absolute atomic E-state index is 0. The first kappa shape index (κ1) is 54.4. The molecule has 7 N–H and O–H groups in total. The molecule has 5 aromatic rings. The molecule has 392 valence electrons. The van der Waals surface area contributed by atoms with Gasteiger partial charge in [-0.2, -0.15) is 0 Å². The number of nitrogens with two attached hydrogens (primary N) is 2. The number of hydrogen-bond donors (Lipinski definition) is 5. The number of rotatable bonds is 10. The molecule has 13 heteroatoms. The zero-order chi connectivity index (χ0) is 52.1. The molecule has 2 fully saturated rings. The summed E-state index contributed by atoms with van der Waals surface area (Å²) in [6.07, 6.45) is 8.56. The zero-order valence-corrected chi connectivity index (χ0v) is 46.6. The summed E-state index contributed by atoms with van der Waals surface area (Å²) in [7, 11) is -4.93. The maximum atomic E-state index is 14.3. The van der Waals surface area contributed by atoms with E-state index >= 15 is 0 Å². The Hall–Kier alpha value is -4.94. The Morgan fingerprint density at radius 3 is 2.36 bits per heavy atom. The zero-order valence-electron chi connectivity index (χ0n) is 43.8. The van der Waals surface area contributed by atoms with Crippen LogP contribution in [-0.2, 0) is 39.8 Å². The van der Waals surface area contributed by atoms with Crippen molar-refractivity contribution in [3.8, 4) is 23.3 Å². The molecule has 5 heterocycles. The third kappa shape index (κ3) is 11.3. The van der Waals surface area contributed by atoms with Gasteiger partial charge in [-0.25, -0.2) is 13.4 Å². The van der Waals surface area contributed by atoms with Crippen molar-refractivity contribution in [3.63, 3.8) is 0 Å². The van der Waals surface area contributed by atoms with Crippen LogP contribution in [0, 0.1) is 47.3 Å². The van der Waals surface area contributed by atoms with E-state index in [0.29, 0.717) is 61.8 Å². The van der Waals surface area contributed by atoms with E-state index in [4.69, 9.17) is 25.9 Å². The van der Waals surface area contributed by atoms with Gasteiger partial charge in [-0.3, -0.25) is 0 Å². The SMILES string of the molecule is CC1CCc2cc3ccc2C1CC(S(=O)(=O)[O-])C1C=C2CC(CC4CC(CO)CC#Cc5cc(O)ccc5C2O4)C1c1ccc(cc1)C(CC(Cc1ccccc1)C1(O)CCC(Cc2ccccc2)C1)(N=C(N)N)O3.[Na+].